The highest BCUT2D eigenvalue weighted by molar-refractivity contribution is 6.21. The molecule has 1 aliphatic heterocycles. The van der Waals surface area contributed by atoms with E-state index in [0.717, 1.165) is 5.56 Å². The smallest absolute Gasteiger partial charge is 0.338 e. The summed E-state index contributed by atoms with van der Waals surface area (Å²) < 4.78 is 11.2. The van der Waals surface area contributed by atoms with E-state index in [1.54, 1.807) is 48.5 Å². The Balaban J connectivity index is 1.34. The van der Waals surface area contributed by atoms with E-state index in [-0.39, 0.29) is 18.4 Å². The Morgan fingerprint density at radius 1 is 0.844 bits per heavy atom. The van der Waals surface area contributed by atoms with Gasteiger partial charge in [0.15, 0.2) is 0 Å². The molecule has 0 aliphatic carbocycles. The van der Waals surface area contributed by atoms with Crippen molar-refractivity contribution in [2.75, 3.05) is 6.61 Å². The quantitative estimate of drug-likeness (QED) is 0.389. The van der Waals surface area contributed by atoms with Crippen molar-refractivity contribution in [2.24, 2.45) is 0 Å². The van der Waals surface area contributed by atoms with Gasteiger partial charge in [-0.25, -0.2) is 4.79 Å². The monoisotopic (exact) mass is 429 g/mol. The summed E-state index contributed by atoms with van der Waals surface area (Å²) in [5, 5.41) is 0. The van der Waals surface area contributed by atoms with Crippen LogP contribution in [-0.2, 0) is 11.3 Å². The van der Waals surface area contributed by atoms with E-state index in [0.29, 0.717) is 35.5 Å². The van der Waals surface area contributed by atoms with Gasteiger partial charge in [-0.3, -0.25) is 14.5 Å². The minimum absolute atomic E-state index is 0.0624. The molecule has 3 aromatic rings. The van der Waals surface area contributed by atoms with Crippen molar-refractivity contribution in [3.05, 3.63) is 101 Å². The third-order valence-corrected chi connectivity index (χ3v) is 5.41. The summed E-state index contributed by atoms with van der Waals surface area (Å²) in [6, 6.07) is 22.7. The minimum atomic E-state index is -0.528. The maximum absolute atomic E-state index is 12.7. The average Bonchev–Trinajstić information content (AvgIpc) is 3.09. The van der Waals surface area contributed by atoms with Crippen LogP contribution in [0.3, 0.4) is 0 Å². The van der Waals surface area contributed by atoms with Crippen LogP contribution in [0.4, 0.5) is 0 Å². The standard InChI is InChI=1S/C26H23NO5/c1-2-20(27-24(28)22-10-6-7-11-23(22)25(27)29)17-32-26(30)19-12-14-21(15-13-19)31-16-18-8-4-3-5-9-18/h3-15,20H,2,16-17H2,1H3/t20-/m0/s1. The van der Waals surface area contributed by atoms with Gasteiger partial charge in [0.25, 0.3) is 11.8 Å². The number of esters is 1. The van der Waals surface area contributed by atoms with Crippen LogP contribution < -0.4 is 4.74 Å². The lowest BCUT2D eigenvalue weighted by atomic mass is 10.1. The molecule has 0 N–H and O–H groups in total. The average molecular weight is 429 g/mol. The highest BCUT2D eigenvalue weighted by atomic mass is 16.5. The molecule has 0 radical (unpaired) electrons. The predicted octanol–water partition coefficient (Wildman–Crippen LogP) is 4.50. The lowest BCUT2D eigenvalue weighted by molar-refractivity contribution is 0.0303. The second kappa shape index (κ2) is 9.47. The first-order valence-electron chi connectivity index (χ1n) is 10.5. The molecule has 1 heterocycles. The number of benzene rings is 3. The van der Waals surface area contributed by atoms with Gasteiger partial charge in [0.2, 0.25) is 0 Å². The fraction of sp³-hybridized carbons (Fsp3) is 0.192. The lowest BCUT2D eigenvalue weighted by Gasteiger charge is -2.24. The van der Waals surface area contributed by atoms with Crippen LogP contribution in [0, 0.1) is 0 Å². The van der Waals surface area contributed by atoms with Gasteiger partial charge in [-0.2, -0.15) is 0 Å². The zero-order valence-electron chi connectivity index (χ0n) is 17.7. The lowest BCUT2D eigenvalue weighted by Crippen LogP contribution is -2.42. The van der Waals surface area contributed by atoms with Gasteiger partial charge in [-0.1, -0.05) is 49.4 Å². The van der Waals surface area contributed by atoms with Crippen molar-refractivity contribution >= 4 is 17.8 Å². The fourth-order valence-electron chi connectivity index (χ4n) is 3.60. The van der Waals surface area contributed by atoms with Gasteiger partial charge in [-0.05, 0) is 48.4 Å². The molecule has 162 valence electrons. The number of amides is 2. The van der Waals surface area contributed by atoms with Crippen molar-refractivity contribution in [1.29, 1.82) is 0 Å². The topological polar surface area (TPSA) is 72.9 Å². The highest BCUT2D eigenvalue weighted by Crippen LogP contribution is 2.26. The number of carbonyl (C=O) groups is 3. The first-order valence-corrected chi connectivity index (χ1v) is 10.5. The number of ether oxygens (including phenoxy) is 2. The molecule has 2 amide bonds. The maximum Gasteiger partial charge on any atom is 0.338 e. The molecule has 0 saturated heterocycles. The third-order valence-electron chi connectivity index (χ3n) is 5.41. The molecule has 6 heteroatoms. The second-order valence-electron chi connectivity index (χ2n) is 7.49. The highest BCUT2D eigenvalue weighted by Gasteiger charge is 2.39. The third kappa shape index (κ3) is 4.39. The van der Waals surface area contributed by atoms with Crippen LogP contribution >= 0.6 is 0 Å². The van der Waals surface area contributed by atoms with E-state index in [4.69, 9.17) is 9.47 Å². The Bertz CT molecular complexity index is 1090. The van der Waals surface area contributed by atoms with E-state index in [9.17, 15) is 14.4 Å². The van der Waals surface area contributed by atoms with Crippen molar-refractivity contribution in [3.63, 3.8) is 0 Å². The first kappa shape index (κ1) is 21.3. The largest absolute Gasteiger partial charge is 0.489 e. The molecule has 6 nitrogen and oxygen atoms in total. The summed E-state index contributed by atoms with van der Waals surface area (Å²) in [6.07, 6.45) is 0.477. The Labute approximate surface area is 186 Å². The summed E-state index contributed by atoms with van der Waals surface area (Å²) in [7, 11) is 0. The van der Waals surface area contributed by atoms with Crippen LogP contribution in [0.1, 0.15) is 50.0 Å². The Morgan fingerprint density at radius 2 is 1.44 bits per heavy atom. The van der Waals surface area contributed by atoms with E-state index < -0.39 is 12.0 Å². The number of fused-ring (bicyclic) bond motifs is 1. The second-order valence-corrected chi connectivity index (χ2v) is 7.49. The van der Waals surface area contributed by atoms with Gasteiger partial charge >= 0.3 is 5.97 Å². The normalized spacial score (nSPS) is 13.6. The van der Waals surface area contributed by atoms with Gasteiger partial charge in [0.05, 0.1) is 22.7 Å². The molecule has 0 fully saturated rings. The fourth-order valence-corrected chi connectivity index (χ4v) is 3.60. The number of rotatable bonds is 8. The van der Waals surface area contributed by atoms with Crippen LogP contribution in [0.15, 0.2) is 78.9 Å². The molecule has 1 aliphatic rings. The van der Waals surface area contributed by atoms with E-state index in [1.165, 1.54) is 4.90 Å². The van der Waals surface area contributed by atoms with E-state index >= 15 is 0 Å². The molecule has 0 saturated carbocycles. The first-order chi connectivity index (χ1) is 15.6. The zero-order chi connectivity index (χ0) is 22.5. The van der Waals surface area contributed by atoms with Crippen molar-refractivity contribution in [1.82, 2.24) is 4.90 Å². The molecule has 1 atom stereocenters. The molecular weight excluding hydrogens is 406 g/mol. The summed E-state index contributed by atoms with van der Waals surface area (Å²) in [5.41, 5.74) is 2.19. The van der Waals surface area contributed by atoms with Crippen LogP contribution in [0.5, 0.6) is 5.75 Å². The van der Waals surface area contributed by atoms with Gasteiger partial charge < -0.3 is 9.47 Å². The van der Waals surface area contributed by atoms with Gasteiger partial charge in [0.1, 0.15) is 19.0 Å². The molecule has 32 heavy (non-hydrogen) atoms. The van der Waals surface area contributed by atoms with Crippen LogP contribution in [0.2, 0.25) is 0 Å². The van der Waals surface area contributed by atoms with Crippen LogP contribution in [-0.4, -0.2) is 35.3 Å². The molecule has 3 aromatic carbocycles. The van der Waals surface area contributed by atoms with Crippen molar-refractivity contribution in [2.45, 2.75) is 26.0 Å². The maximum atomic E-state index is 12.7. The SMILES string of the molecule is CC[C@@H](COC(=O)c1ccc(OCc2ccccc2)cc1)N1C(=O)c2ccccc2C1=O. The summed E-state index contributed by atoms with van der Waals surface area (Å²) in [4.78, 5) is 39.0. The minimum Gasteiger partial charge on any atom is -0.489 e. The van der Waals surface area contributed by atoms with Crippen LogP contribution in [0.25, 0.3) is 0 Å². The molecular formula is C26H23NO5. The van der Waals surface area contributed by atoms with Crippen molar-refractivity contribution in [3.8, 4) is 5.75 Å². The van der Waals surface area contributed by atoms with E-state index in [1.807, 2.05) is 37.3 Å². The van der Waals surface area contributed by atoms with Crippen molar-refractivity contribution < 1.29 is 23.9 Å². The summed E-state index contributed by atoms with van der Waals surface area (Å²) in [6.45, 7) is 2.22. The Hall–Kier alpha value is -3.93. The molecule has 4 rings (SSSR count). The molecule has 0 unspecified atom stereocenters. The number of nitrogens with zero attached hydrogens (tertiary/aromatic N) is 1. The number of carbonyl (C=O) groups excluding carboxylic acids is 3. The number of hydrogen-bond donors (Lipinski definition) is 0. The summed E-state index contributed by atoms with van der Waals surface area (Å²) in [5.74, 6) is -0.584. The Kier molecular flexibility index (Phi) is 6.31. The summed E-state index contributed by atoms with van der Waals surface area (Å²) >= 11 is 0. The number of imide groups is 1. The zero-order valence-corrected chi connectivity index (χ0v) is 17.7. The predicted molar refractivity (Wildman–Crippen MR) is 119 cm³/mol. The molecule has 0 aromatic heterocycles. The number of hydrogen-bond acceptors (Lipinski definition) is 5. The van der Waals surface area contributed by atoms with Gasteiger partial charge in [0, 0.05) is 0 Å². The van der Waals surface area contributed by atoms with E-state index in [2.05, 4.69) is 0 Å². The Morgan fingerprint density at radius 3 is 2.03 bits per heavy atom. The van der Waals surface area contributed by atoms with Gasteiger partial charge in [-0.15, -0.1) is 0 Å². The molecule has 0 spiro atoms. The molecule has 0 bridgehead atoms.